The molecule has 1 aromatic heterocycles. The second-order valence-corrected chi connectivity index (χ2v) is 9.57. The van der Waals surface area contributed by atoms with Crippen molar-refractivity contribution in [3.63, 3.8) is 0 Å². The molecule has 0 saturated carbocycles. The number of hydrogen-bond acceptors (Lipinski definition) is 7. The summed E-state index contributed by atoms with van der Waals surface area (Å²) in [4.78, 5) is 4.07. The number of benzene rings is 2. The van der Waals surface area contributed by atoms with Gasteiger partial charge in [0, 0.05) is 36.5 Å². The first kappa shape index (κ1) is 24.8. The van der Waals surface area contributed by atoms with E-state index < -0.39 is 10.0 Å². The first-order valence-corrected chi connectivity index (χ1v) is 12.1. The lowest BCUT2D eigenvalue weighted by atomic mass is 10.1. The minimum Gasteiger partial charge on any atom is -0.497 e. The van der Waals surface area contributed by atoms with Crippen molar-refractivity contribution in [3.8, 4) is 23.0 Å². The van der Waals surface area contributed by atoms with E-state index in [-0.39, 0.29) is 18.1 Å². The molecule has 2 aromatic carbocycles. The van der Waals surface area contributed by atoms with Gasteiger partial charge in [-0.3, -0.25) is 0 Å². The lowest BCUT2D eigenvalue weighted by Crippen LogP contribution is -2.31. The van der Waals surface area contributed by atoms with Gasteiger partial charge in [0.15, 0.2) is 5.03 Å². The predicted molar refractivity (Wildman–Crippen MR) is 127 cm³/mol. The van der Waals surface area contributed by atoms with Gasteiger partial charge >= 0.3 is 0 Å². The zero-order chi connectivity index (χ0) is 24.0. The largest absolute Gasteiger partial charge is 0.497 e. The SMILES string of the molecule is COc1ccc(CN(Cc2ccc(OC)c(Br)c2OC)S(=O)(=O)c2ccccn2)c(OC)c1. The average Bonchev–Trinajstić information content (AvgIpc) is 2.84. The first-order valence-electron chi connectivity index (χ1n) is 9.87. The van der Waals surface area contributed by atoms with Crippen LogP contribution in [0.5, 0.6) is 23.0 Å². The van der Waals surface area contributed by atoms with Gasteiger partial charge < -0.3 is 18.9 Å². The van der Waals surface area contributed by atoms with Crippen LogP contribution < -0.4 is 18.9 Å². The van der Waals surface area contributed by atoms with E-state index in [2.05, 4.69) is 20.9 Å². The van der Waals surface area contributed by atoms with E-state index in [0.29, 0.717) is 38.6 Å². The number of nitrogens with zero attached hydrogens (tertiary/aromatic N) is 2. The highest BCUT2D eigenvalue weighted by Gasteiger charge is 2.29. The van der Waals surface area contributed by atoms with Crippen LogP contribution in [-0.4, -0.2) is 46.1 Å². The fourth-order valence-electron chi connectivity index (χ4n) is 3.30. The van der Waals surface area contributed by atoms with E-state index in [4.69, 9.17) is 18.9 Å². The number of aromatic nitrogens is 1. The molecule has 0 atom stereocenters. The van der Waals surface area contributed by atoms with Crippen molar-refractivity contribution >= 4 is 26.0 Å². The van der Waals surface area contributed by atoms with Crippen molar-refractivity contribution in [1.29, 1.82) is 0 Å². The zero-order valence-electron chi connectivity index (χ0n) is 18.7. The Balaban J connectivity index is 2.09. The second kappa shape index (κ2) is 10.9. The Kier molecular flexibility index (Phi) is 8.17. The second-order valence-electron chi connectivity index (χ2n) is 6.89. The van der Waals surface area contributed by atoms with Gasteiger partial charge in [-0.05, 0) is 40.2 Å². The number of sulfonamides is 1. The molecular formula is C23H25BrN2O6S. The van der Waals surface area contributed by atoms with E-state index >= 15 is 0 Å². The summed E-state index contributed by atoms with van der Waals surface area (Å²) in [7, 11) is 2.19. The van der Waals surface area contributed by atoms with Crippen LogP contribution in [0.2, 0.25) is 0 Å². The molecule has 0 aliphatic heterocycles. The number of hydrogen-bond donors (Lipinski definition) is 0. The molecule has 0 aliphatic carbocycles. The molecule has 3 rings (SSSR count). The summed E-state index contributed by atoms with van der Waals surface area (Å²) in [5.41, 5.74) is 1.32. The van der Waals surface area contributed by atoms with Crippen molar-refractivity contribution < 1.29 is 27.4 Å². The molecule has 0 saturated heterocycles. The third kappa shape index (κ3) is 5.40. The van der Waals surface area contributed by atoms with E-state index in [1.165, 1.54) is 30.8 Å². The molecule has 0 aliphatic rings. The number of methoxy groups -OCH3 is 4. The van der Waals surface area contributed by atoms with Gasteiger partial charge in [-0.1, -0.05) is 18.2 Å². The lowest BCUT2D eigenvalue weighted by Gasteiger charge is -2.24. The van der Waals surface area contributed by atoms with Gasteiger partial charge in [0.25, 0.3) is 10.0 Å². The van der Waals surface area contributed by atoms with Crippen molar-refractivity contribution in [2.75, 3.05) is 28.4 Å². The Morgan fingerprint density at radius 3 is 2.15 bits per heavy atom. The molecule has 8 nitrogen and oxygen atoms in total. The summed E-state index contributed by atoms with van der Waals surface area (Å²) >= 11 is 3.48. The summed E-state index contributed by atoms with van der Waals surface area (Å²) in [5.74, 6) is 2.18. The maximum atomic E-state index is 13.6. The molecule has 0 N–H and O–H groups in total. The molecule has 176 valence electrons. The van der Waals surface area contributed by atoms with Crippen molar-refractivity contribution in [1.82, 2.24) is 9.29 Å². The van der Waals surface area contributed by atoms with Crippen LogP contribution in [0.3, 0.4) is 0 Å². The molecule has 3 aromatic rings. The third-order valence-corrected chi connectivity index (χ3v) is 7.46. The minimum atomic E-state index is -3.96. The number of pyridine rings is 1. The normalized spacial score (nSPS) is 11.3. The van der Waals surface area contributed by atoms with E-state index in [1.54, 1.807) is 56.7 Å². The van der Waals surface area contributed by atoms with Crippen LogP contribution in [0.1, 0.15) is 11.1 Å². The van der Waals surface area contributed by atoms with Gasteiger partial charge in [0.05, 0.1) is 28.4 Å². The third-order valence-electron chi connectivity index (χ3n) is 5.00. The van der Waals surface area contributed by atoms with Gasteiger partial charge in [0.1, 0.15) is 27.5 Å². The summed E-state index contributed by atoms with van der Waals surface area (Å²) in [6.45, 7) is 0.0682. The topological polar surface area (TPSA) is 87.2 Å². The Labute approximate surface area is 202 Å². The molecule has 33 heavy (non-hydrogen) atoms. The number of rotatable bonds is 10. The molecule has 0 fully saturated rings. The number of ether oxygens (including phenoxy) is 4. The molecule has 0 unspecified atom stereocenters. The molecule has 1 heterocycles. The van der Waals surface area contributed by atoms with Crippen molar-refractivity contribution in [3.05, 3.63) is 70.3 Å². The summed E-state index contributed by atoms with van der Waals surface area (Å²) in [5, 5.41) is -0.0518. The van der Waals surface area contributed by atoms with Crippen molar-refractivity contribution in [2.45, 2.75) is 18.1 Å². The Bertz CT molecular complexity index is 1210. The average molecular weight is 537 g/mol. The van der Waals surface area contributed by atoms with E-state index in [1.807, 2.05) is 0 Å². The van der Waals surface area contributed by atoms with Gasteiger partial charge in [0.2, 0.25) is 0 Å². The van der Waals surface area contributed by atoms with E-state index in [0.717, 1.165) is 0 Å². The molecular weight excluding hydrogens is 512 g/mol. The van der Waals surface area contributed by atoms with Gasteiger partial charge in [-0.25, -0.2) is 13.4 Å². The van der Waals surface area contributed by atoms with Crippen LogP contribution >= 0.6 is 15.9 Å². The Hall–Kier alpha value is -2.82. The number of halogens is 1. The summed E-state index contributed by atoms with van der Waals surface area (Å²) in [6.07, 6.45) is 1.45. The lowest BCUT2D eigenvalue weighted by molar-refractivity contribution is 0.356. The highest BCUT2D eigenvalue weighted by molar-refractivity contribution is 9.10. The maximum absolute atomic E-state index is 13.6. The molecule has 0 spiro atoms. The fourth-order valence-corrected chi connectivity index (χ4v) is 5.34. The van der Waals surface area contributed by atoms with Crippen LogP contribution in [0, 0.1) is 0 Å². The van der Waals surface area contributed by atoms with Gasteiger partial charge in [-0.15, -0.1) is 0 Å². The Morgan fingerprint density at radius 1 is 0.848 bits per heavy atom. The maximum Gasteiger partial charge on any atom is 0.261 e. The molecule has 10 heteroatoms. The predicted octanol–water partition coefficient (Wildman–Crippen LogP) is 4.27. The standard InChI is InChI=1S/C23H25BrN2O6S/c1-29-18-10-8-16(20(13-18)31-3)14-26(33(27,28)21-7-5-6-12-25-21)15-17-9-11-19(30-2)22(24)23(17)32-4/h5-13H,14-15H2,1-4H3. The quantitative estimate of drug-likeness (QED) is 0.382. The fraction of sp³-hybridized carbons (Fsp3) is 0.261. The Morgan fingerprint density at radius 2 is 1.55 bits per heavy atom. The highest BCUT2D eigenvalue weighted by Crippen LogP contribution is 2.38. The first-order chi connectivity index (χ1) is 15.8. The molecule has 0 radical (unpaired) electrons. The van der Waals surface area contributed by atoms with Crippen LogP contribution in [0.25, 0.3) is 0 Å². The van der Waals surface area contributed by atoms with E-state index in [9.17, 15) is 8.42 Å². The van der Waals surface area contributed by atoms with Crippen LogP contribution in [-0.2, 0) is 23.1 Å². The van der Waals surface area contributed by atoms with Crippen molar-refractivity contribution in [2.24, 2.45) is 0 Å². The molecule has 0 bridgehead atoms. The summed E-state index contributed by atoms with van der Waals surface area (Å²) < 4.78 is 50.8. The monoisotopic (exact) mass is 536 g/mol. The summed E-state index contributed by atoms with van der Waals surface area (Å²) in [6, 6.07) is 13.5. The van der Waals surface area contributed by atoms with Crippen LogP contribution in [0.4, 0.5) is 0 Å². The minimum absolute atomic E-state index is 0.0276. The smallest absolute Gasteiger partial charge is 0.261 e. The highest BCUT2D eigenvalue weighted by atomic mass is 79.9. The zero-order valence-corrected chi connectivity index (χ0v) is 21.1. The van der Waals surface area contributed by atoms with Crippen LogP contribution in [0.15, 0.2) is 64.2 Å². The van der Waals surface area contributed by atoms with Gasteiger partial charge in [-0.2, -0.15) is 4.31 Å². The molecule has 0 amide bonds.